The molecule has 0 amide bonds. The molecular formula is C10H12BrF2NO2. The van der Waals surface area contributed by atoms with E-state index in [4.69, 9.17) is 4.74 Å². The predicted octanol–water partition coefficient (Wildman–Crippen LogP) is 1.99. The predicted molar refractivity (Wildman–Crippen MR) is 59.5 cm³/mol. The van der Waals surface area contributed by atoms with Crippen LogP contribution in [-0.4, -0.2) is 25.8 Å². The summed E-state index contributed by atoms with van der Waals surface area (Å²) in [6, 6.07) is 1.03. The number of methoxy groups -OCH3 is 1. The van der Waals surface area contributed by atoms with Gasteiger partial charge in [-0.1, -0.05) is 0 Å². The second kappa shape index (κ2) is 5.56. The zero-order valence-corrected chi connectivity index (χ0v) is 10.4. The van der Waals surface area contributed by atoms with Crippen LogP contribution in [0.3, 0.4) is 0 Å². The van der Waals surface area contributed by atoms with Crippen LogP contribution in [0, 0.1) is 11.6 Å². The van der Waals surface area contributed by atoms with Crippen molar-refractivity contribution >= 4 is 15.9 Å². The van der Waals surface area contributed by atoms with Crippen LogP contribution in [0.4, 0.5) is 8.78 Å². The summed E-state index contributed by atoms with van der Waals surface area (Å²) in [5, 5.41) is 12.2. The van der Waals surface area contributed by atoms with Gasteiger partial charge >= 0.3 is 0 Å². The van der Waals surface area contributed by atoms with Crippen LogP contribution < -0.4 is 10.1 Å². The maximum absolute atomic E-state index is 13.7. The molecule has 2 N–H and O–H groups in total. The topological polar surface area (TPSA) is 41.5 Å². The minimum Gasteiger partial charge on any atom is -0.495 e. The third-order valence-corrected chi connectivity index (χ3v) is 2.85. The van der Waals surface area contributed by atoms with Gasteiger partial charge in [-0.05, 0) is 23.0 Å². The molecule has 0 aliphatic heterocycles. The van der Waals surface area contributed by atoms with Gasteiger partial charge in [-0.25, -0.2) is 8.78 Å². The average molecular weight is 296 g/mol. The Kier molecular flexibility index (Phi) is 4.64. The molecule has 6 heteroatoms. The smallest absolute Gasteiger partial charge is 0.149 e. The van der Waals surface area contributed by atoms with Crippen molar-refractivity contribution in [1.82, 2.24) is 5.32 Å². The van der Waals surface area contributed by atoms with Crippen LogP contribution in [-0.2, 0) is 0 Å². The molecule has 16 heavy (non-hydrogen) atoms. The Morgan fingerprint density at radius 3 is 2.69 bits per heavy atom. The van der Waals surface area contributed by atoms with Crippen LogP contribution in [0.5, 0.6) is 5.75 Å². The lowest BCUT2D eigenvalue weighted by molar-refractivity contribution is 0.167. The number of aliphatic hydroxyl groups is 1. The highest BCUT2D eigenvalue weighted by Gasteiger charge is 2.22. The maximum atomic E-state index is 13.7. The van der Waals surface area contributed by atoms with Crippen molar-refractivity contribution in [3.63, 3.8) is 0 Å². The van der Waals surface area contributed by atoms with Crippen LogP contribution in [0.2, 0.25) is 0 Å². The molecule has 1 unspecified atom stereocenters. The van der Waals surface area contributed by atoms with E-state index in [2.05, 4.69) is 21.2 Å². The number of hydrogen-bond donors (Lipinski definition) is 2. The van der Waals surface area contributed by atoms with E-state index in [1.54, 1.807) is 7.05 Å². The molecule has 90 valence electrons. The monoisotopic (exact) mass is 295 g/mol. The molecule has 1 rings (SSSR count). The Hall–Kier alpha value is -0.720. The molecular weight excluding hydrogens is 284 g/mol. The molecule has 0 aliphatic carbocycles. The normalized spacial score (nSPS) is 12.6. The van der Waals surface area contributed by atoms with Crippen molar-refractivity contribution < 1.29 is 18.6 Å². The van der Waals surface area contributed by atoms with Crippen molar-refractivity contribution in [3.05, 3.63) is 27.7 Å². The van der Waals surface area contributed by atoms with Gasteiger partial charge in [0.2, 0.25) is 0 Å². The van der Waals surface area contributed by atoms with Crippen LogP contribution in [0.1, 0.15) is 11.7 Å². The Morgan fingerprint density at radius 2 is 2.19 bits per heavy atom. The summed E-state index contributed by atoms with van der Waals surface area (Å²) in [5.74, 6) is -1.63. The van der Waals surface area contributed by atoms with Gasteiger partial charge in [0.1, 0.15) is 17.4 Å². The lowest BCUT2D eigenvalue weighted by Crippen LogP contribution is -2.19. The molecule has 3 nitrogen and oxygen atoms in total. The van der Waals surface area contributed by atoms with Gasteiger partial charge in [0, 0.05) is 12.6 Å². The summed E-state index contributed by atoms with van der Waals surface area (Å²) in [7, 11) is 2.89. The molecule has 1 aromatic rings. The SMILES string of the molecule is CNCC(O)c1c(F)cc(OC)c(Br)c1F. The Bertz CT molecular complexity index is 388. The van der Waals surface area contributed by atoms with E-state index in [1.165, 1.54) is 7.11 Å². The number of ether oxygens (including phenoxy) is 1. The fourth-order valence-corrected chi connectivity index (χ4v) is 1.83. The zero-order valence-electron chi connectivity index (χ0n) is 8.85. The van der Waals surface area contributed by atoms with Gasteiger partial charge in [-0.15, -0.1) is 0 Å². The van der Waals surface area contributed by atoms with Crippen molar-refractivity contribution in [2.24, 2.45) is 0 Å². The van der Waals surface area contributed by atoms with E-state index in [0.29, 0.717) is 0 Å². The fraction of sp³-hybridized carbons (Fsp3) is 0.400. The third kappa shape index (κ3) is 2.50. The molecule has 0 radical (unpaired) electrons. The molecule has 0 saturated carbocycles. The van der Waals surface area contributed by atoms with Crippen molar-refractivity contribution in [3.8, 4) is 5.75 Å². The molecule has 0 saturated heterocycles. The molecule has 1 atom stereocenters. The van der Waals surface area contributed by atoms with Crippen molar-refractivity contribution in [1.29, 1.82) is 0 Å². The van der Waals surface area contributed by atoms with Crippen LogP contribution in [0.25, 0.3) is 0 Å². The van der Waals surface area contributed by atoms with Crippen molar-refractivity contribution in [2.45, 2.75) is 6.10 Å². The van der Waals surface area contributed by atoms with E-state index < -0.39 is 17.7 Å². The van der Waals surface area contributed by atoms with Gasteiger partial charge in [0.25, 0.3) is 0 Å². The summed E-state index contributed by atoms with van der Waals surface area (Å²) in [4.78, 5) is 0. The number of rotatable bonds is 4. The van der Waals surface area contributed by atoms with E-state index in [9.17, 15) is 13.9 Å². The molecule has 0 heterocycles. The van der Waals surface area contributed by atoms with E-state index >= 15 is 0 Å². The second-order valence-electron chi connectivity index (χ2n) is 3.18. The fourth-order valence-electron chi connectivity index (χ4n) is 1.34. The third-order valence-electron chi connectivity index (χ3n) is 2.11. The number of nitrogens with one attached hydrogen (secondary N) is 1. The first-order chi connectivity index (χ1) is 7.52. The molecule has 0 aliphatic rings. The molecule has 0 spiro atoms. The Morgan fingerprint density at radius 1 is 1.56 bits per heavy atom. The Balaban J connectivity index is 3.24. The Labute approximate surface area is 101 Å². The minimum absolute atomic E-state index is 0.00144. The minimum atomic E-state index is -1.24. The summed E-state index contributed by atoms with van der Waals surface area (Å²) >= 11 is 2.95. The summed E-state index contributed by atoms with van der Waals surface area (Å²) < 4.78 is 32.0. The summed E-state index contributed by atoms with van der Waals surface area (Å²) in [5.41, 5.74) is -0.373. The van der Waals surface area contributed by atoms with E-state index in [1.807, 2.05) is 0 Å². The highest BCUT2D eigenvalue weighted by atomic mass is 79.9. The number of likely N-dealkylation sites (N-methyl/N-ethyl adjacent to an activating group) is 1. The number of benzene rings is 1. The largest absolute Gasteiger partial charge is 0.495 e. The molecule has 0 bridgehead atoms. The number of halogens is 3. The van der Waals surface area contributed by atoms with Crippen LogP contribution >= 0.6 is 15.9 Å². The first-order valence-electron chi connectivity index (χ1n) is 4.57. The second-order valence-corrected chi connectivity index (χ2v) is 3.97. The number of hydrogen-bond acceptors (Lipinski definition) is 3. The zero-order chi connectivity index (χ0) is 12.3. The highest BCUT2D eigenvalue weighted by Crippen LogP contribution is 2.34. The standard InChI is InChI=1S/C10H12BrF2NO2/c1-14-4-6(15)8-5(12)3-7(16-2)9(11)10(8)13/h3,6,14-15H,4H2,1-2H3. The number of aliphatic hydroxyl groups excluding tert-OH is 1. The van der Waals surface area contributed by atoms with Gasteiger partial charge in [0.05, 0.1) is 23.2 Å². The lowest BCUT2D eigenvalue weighted by Gasteiger charge is -2.15. The first-order valence-corrected chi connectivity index (χ1v) is 5.36. The lowest BCUT2D eigenvalue weighted by atomic mass is 10.1. The first kappa shape index (κ1) is 13.3. The molecule has 0 aromatic heterocycles. The van der Waals surface area contributed by atoms with E-state index in [-0.39, 0.29) is 22.3 Å². The highest BCUT2D eigenvalue weighted by molar-refractivity contribution is 9.10. The van der Waals surface area contributed by atoms with Gasteiger partial charge in [-0.2, -0.15) is 0 Å². The molecule has 1 aromatic carbocycles. The van der Waals surface area contributed by atoms with Crippen LogP contribution in [0.15, 0.2) is 10.5 Å². The summed E-state index contributed by atoms with van der Waals surface area (Å²) in [6.45, 7) is 0.0621. The average Bonchev–Trinajstić information content (AvgIpc) is 2.24. The van der Waals surface area contributed by atoms with Gasteiger partial charge in [0.15, 0.2) is 0 Å². The van der Waals surface area contributed by atoms with E-state index in [0.717, 1.165) is 6.07 Å². The van der Waals surface area contributed by atoms with Gasteiger partial charge in [-0.3, -0.25) is 0 Å². The maximum Gasteiger partial charge on any atom is 0.149 e. The van der Waals surface area contributed by atoms with Gasteiger partial charge < -0.3 is 15.2 Å². The summed E-state index contributed by atoms with van der Waals surface area (Å²) in [6.07, 6.45) is -1.24. The quantitative estimate of drug-likeness (QED) is 0.835. The van der Waals surface area contributed by atoms with Crippen molar-refractivity contribution in [2.75, 3.05) is 20.7 Å². The molecule has 0 fully saturated rings.